The van der Waals surface area contributed by atoms with Gasteiger partial charge in [-0.05, 0) is 43.6 Å². The highest BCUT2D eigenvalue weighted by Crippen LogP contribution is 2.25. The molecule has 1 fully saturated rings. The molecular formula is C19H27IN4O2S. The molecule has 2 amide bonds. The normalized spacial score (nSPS) is 19.1. The van der Waals surface area contributed by atoms with E-state index in [1.165, 1.54) is 23.5 Å². The van der Waals surface area contributed by atoms with Crippen LogP contribution in [0.5, 0.6) is 0 Å². The SMILES string of the molecule is CN=C(NCCCCN1C(=O)c2ccccc2C1=O)NCC1CCCS1.I. The Morgan fingerprint density at radius 3 is 2.48 bits per heavy atom. The van der Waals surface area contributed by atoms with Crippen molar-refractivity contribution in [2.45, 2.75) is 30.9 Å². The van der Waals surface area contributed by atoms with Crippen molar-refractivity contribution >= 4 is 53.5 Å². The summed E-state index contributed by atoms with van der Waals surface area (Å²) in [6.45, 7) is 2.17. The van der Waals surface area contributed by atoms with E-state index < -0.39 is 0 Å². The number of thioether (sulfide) groups is 1. The average Bonchev–Trinajstić information content (AvgIpc) is 3.26. The smallest absolute Gasteiger partial charge is 0.261 e. The van der Waals surface area contributed by atoms with Crippen LogP contribution in [-0.2, 0) is 0 Å². The van der Waals surface area contributed by atoms with Gasteiger partial charge in [0.15, 0.2) is 5.96 Å². The second kappa shape index (κ2) is 10.9. The molecule has 1 atom stereocenters. The summed E-state index contributed by atoms with van der Waals surface area (Å²) in [7, 11) is 1.77. The maximum atomic E-state index is 12.3. The van der Waals surface area contributed by atoms with Crippen molar-refractivity contribution in [3.63, 3.8) is 0 Å². The van der Waals surface area contributed by atoms with Gasteiger partial charge in [0.2, 0.25) is 0 Å². The van der Waals surface area contributed by atoms with Crippen molar-refractivity contribution < 1.29 is 9.59 Å². The molecule has 0 spiro atoms. The number of carbonyl (C=O) groups is 2. The van der Waals surface area contributed by atoms with Crippen molar-refractivity contribution in [2.75, 3.05) is 32.4 Å². The van der Waals surface area contributed by atoms with Crippen LogP contribution in [0.3, 0.4) is 0 Å². The fraction of sp³-hybridized carbons (Fsp3) is 0.526. The van der Waals surface area contributed by atoms with Gasteiger partial charge >= 0.3 is 0 Å². The third-order valence-electron chi connectivity index (χ3n) is 4.72. The van der Waals surface area contributed by atoms with Crippen molar-refractivity contribution in [1.82, 2.24) is 15.5 Å². The number of guanidine groups is 1. The summed E-state index contributed by atoms with van der Waals surface area (Å²) in [5, 5.41) is 7.35. The van der Waals surface area contributed by atoms with E-state index in [4.69, 9.17) is 0 Å². The first-order valence-electron chi connectivity index (χ1n) is 9.22. The Morgan fingerprint density at radius 1 is 1.19 bits per heavy atom. The molecule has 6 nitrogen and oxygen atoms in total. The summed E-state index contributed by atoms with van der Waals surface area (Å²) < 4.78 is 0. The number of nitrogens with zero attached hydrogens (tertiary/aromatic N) is 2. The number of hydrogen-bond donors (Lipinski definition) is 2. The molecule has 2 aliphatic rings. The van der Waals surface area contributed by atoms with Gasteiger partial charge in [-0.25, -0.2) is 0 Å². The molecule has 2 aliphatic heterocycles. The number of nitrogens with one attached hydrogen (secondary N) is 2. The second-order valence-electron chi connectivity index (χ2n) is 6.53. The van der Waals surface area contributed by atoms with Gasteiger partial charge in [0.25, 0.3) is 11.8 Å². The van der Waals surface area contributed by atoms with Crippen molar-refractivity contribution in [3.05, 3.63) is 35.4 Å². The van der Waals surface area contributed by atoms with Crippen molar-refractivity contribution in [3.8, 4) is 0 Å². The van der Waals surface area contributed by atoms with E-state index in [0.717, 1.165) is 31.9 Å². The van der Waals surface area contributed by atoms with Crippen LogP contribution in [0.1, 0.15) is 46.4 Å². The molecule has 0 radical (unpaired) electrons. The highest BCUT2D eigenvalue weighted by atomic mass is 127. The minimum absolute atomic E-state index is 0. The first kappa shape index (κ1) is 22.0. The number of carbonyl (C=O) groups excluding carboxylic acids is 2. The zero-order chi connectivity index (χ0) is 18.4. The third kappa shape index (κ3) is 5.60. The molecule has 1 aromatic rings. The quantitative estimate of drug-likeness (QED) is 0.197. The van der Waals surface area contributed by atoms with Gasteiger partial charge in [0.1, 0.15) is 0 Å². The molecular weight excluding hydrogens is 475 g/mol. The lowest BCUT2D eigenvalue weighted by atomic mass is 10.1. The van der Waals surface area contributed by atoms with Crippen LogP contribution < -0.4 is 10.6 Å². The number of benzene rings is 1. The minimum atomic E-state index is -0.176. The lowest BCUT2D eigenvalue weighted by Crippen LogP contribution is -2.40. The first-order valence-corrected chi connectivity index (χ1v) is 10.3. The molecule has 0 saturated carbocycles. The Bertz CT molecular complexity index is 657. The summed E-state index contributed by atoms with van der Waals surface area (Å²) in [5.74, 6) is 1.73. The van der Waals surface area contributed by atoms with Crippen molar-refractivity contribution in [2.24, 2.45) is 4.99 Å². The number of rotatable bonds is 7. The molecule has 3 rings (SSSR count). The third-order valence-corrected chi connectivity index (χ3v) is 6.12. The molecule has 1 aromatic carbocycles. The minimum Gasteiger partial charge on any atom is -0.356 e. The van der Waals surface area contributed by atoms with E-state index in [1.54, 1.807) is 31.3 Å². The van der Waals surface area contributed by atoms with Crippen molar-refractivity contribution in [1.29, 1.82) is 0 Å². The molecule has 8 heteroatoms. The molecule has 0 aliphatic carbocycles. The summed E-state index contributed by atoms with van der Waals surface area (Å²) >= 11 is 2.02. The molecule has 0 bridgehead atoms. The molecule has 148 valence electrons. The molecule has 2 heterocycles. The van der Waals surface area contributed by atoms with E-state index in [0.29, 0.717) is 22.9 Å². The van der Waals surface area contributed by atoms with Crippen LogP contribution >= 0.6 is 35.7 Å². The number of fused-ring (bicyclic) bond motifs is 1. The Hall–Kier alpha value is -1.29. The van der Waals surface area contributed by atoms with Gasteiger partial charge in [-0.3, -0.25) is 19.5 Å². The predicted molar refractivity (Wildman–Crippen MR) is 121 cm³/mol. The number of hydrogen-bond acceptors (Lipinski definition) is 4. The van der Waals surface area contributed by atoms with E-state index in [-0.39, 0.29) is 35.8 Å². The first-order chi connectivity index (χ1) is 12.7. The second-order valence-corrected chi connectivity index (χ2v) is 7.94. The topological polar surface area (TPSA) is 73.8 Å². The van der Waals surface area contributed by atoms with Gasteiger partial charge in [-0.1, -0.05) is 12.1 Å². The lowest BCUT2D eigenvalue weighted by Gasteiger charge is -2.16. The zero-order valence-electron chi connectivity index (χ0n) is 15.6. The van der Waals surface area contributed by atoms with Gasteiger partial charge in [0.05, 0.1) is 11.1 Å². The number of amides is 2. The van der Waals surface area contributed by atoms with Crippen LogP contribution in [-0.4, -0.2) is 60.4 Å². The van der Waals surface area contributed by atoms with Crippen LogP contribution in [0.4, 0.5) is 0 Å². The maximum Gasteiger partial charge on any atom is 0.261 e. The standard InChI is InChI=1S/C19H26N4O2S.HI/c1-20-19(22-13-14-7-6-12-26-14)21-10-4-5-11-23-17(24)15-8-2-3-9-16(15)18(23)25;/h2-3,8-9,14H,4-7,10-13H2,1H3,(H2,20,21,22);1H. The fourth-order valence-corrected chi connectivity index (χ4v) is 4.48. The van der Waals surface area contributed by atoms with Gasteiger partial charge in [-0.2, -0.15) is 11.8 Å². The molecule has 2 N–H and O–H groups in total. The van der Waals surface area contributed by atoms with E-state index in [9.17, 15) is 9.59 Å². The van der Waals surface area contributed by atoms with Gasteiger partial charge in [-0.15, -0.1) is 24.0 Å². The largest absolute Gasteiger partial charge is 0.356 e. The monoisotopic (exact) mass is 502 g/mol. The van der Waals surface area contributed by atoms with Crippen LogP contribution in [0.2, 0.25) is 0 Å². The summed E-state index contributed by atoms with van der Waals surface area (Å²) in [6, 6.07) is 7.02. The molecule has 1 saturated heterocycles. The van der Waals surface area contributed by atoms with Gasteiger partial charge < -0.3 is 10.6 Å². The van der Waals surface area contributed by atoms with E-state index in [2.05, 4.69) is 15.6 Å². The maximum absolute atomic E-state index is 12.3. The number of aliphatic imine (C=N–C) groups is 1. The summed E-state index contributed by atoms with van der Waals surface area (Å²) in [4.78, 5) is 30.2. The van der Waals surface area contributed by atoms with Crippen LogP contribution in [0, 0.1) is 0 Å². The Morgan fingerprint density at radius 2 is 1.89 bits per heavy atom. The Kier molecular flexibility index (Phi) is 8.88. The van der Waals surface area contributed by atoms with E-state index in [1.807, 2.05) is 11.8 Å². The van der Waals surface area contributed by atoms with E-state index >= 15 is 0 Å². The lowest BCUT2D eigenvalue weighted by molar-refractivity contribution is 0.0652. The molecule has 27 heavy (non-hydrogen) atoms. The Balaban J connectivity index is 0.00000261. The summed E-state index contributed by atoms with van der Waals surface area (Å²) in [5.41, 5.74) is 1.04. The van der Waals surface area contributed by atoms with Crippen LogP contribution in [0.25, 0.3) is 0 Å². The average molecular weight is 502 g/mol. The Labute approximate surface area is 182 Å². The molecule has 1 unspecified atom stereocenters. The van der Waals surface area contributed by atoms with Gasteiger partial charge in [0, 0.05) is 31.9 Å². The highest BCUT2D eigenvalue weighted by molar-refractivity contribution is 14.0. The highest BCUT2D eigenvalue weighted by Gasteiger charge is 2.34. The fourth-order valence-electron chi connectivity index (χ4n) is 3.28. The number of imide groups is 1. The number of unbranched alkanes of at least 4 members (excludes halogenated alkanes) is 1. The number of halogens is 1. The van der Waals surface area contributed by atoms with Crippen LogP contribution in [0.15, 0.2) is 29.3 Å². The zero-order valence-corrected chi connectivity index (χ0v) is 18.7. The predicted octanol–water partition coefficient (Wildman–Crippen LogP) is 2.74. The summed E-state index contributed by atoms with van der Waals surface area (Å²) in [6.07, 6.45) is 4.22. The molecule has 0 aromatic heterocycles.